The lowest BCUT2D eigenvalue weighted by molar-refractivity contribution is 0.0891. The summed E-state index contributed by atoms with van der Waals surface area (Å²) in [4.78, 5) is 21.1. The SMILES string of the molecule is CCCCOC(=O)N1CC(C)N(c2ccc(-c3cnc4c(Br)cnn4c3)cc2)C(C)C1. The zero-order chi connectivity index (χ0) is 22.0. The smallest absolute Gasteiger partial charge is 0.409 e. The van der Waals surface area contributed by atoms with E-state index in [2.05, 4.69) is 75.9 Å². The average molecular weight is 486 g/mol. The van der Waals surface area contributed by atoms with Gasteiger partial charge in [-0.2, -0.15) is 5.10 Å². The summed E-state index contributed by atoms with van der Waals surface area (Å²) in [7, 11) is 0. The number of hydrogen-bond acceptors (Lipinski definition) is 5. The van der Waals surface area contributed by atoms with Gasteiger partial charge in [-0.3, -0.25) is 0 Å². The van der Waals surface area contributed by atoms with Gasteiger partial charge in [0.15, 0.2) is 5.65 Å². The minimum Gasteiger partial charge on any atom is -0.449 e. The van der Waals surface area contributed by atoms with E-state index in [-0.39, 0.29) is 18.2 Å². The van der Waals surface area contributed by atoms with E-state index in [1.807, 2.05) is 17.3 Å². The van der Waals surface area contributed by atoms with E-state index >= 15 is 0 Å². The van der Waals surface area contributed by atoms with Gasteiger partial charge >= 0.3 is 6.09 Å². The molecule has 0 bridgehead atoms. The number of rotatable bonds is 5. The minimum atomic E-state index is -0.199. The number of ether oxygens (including phenoxy) is 1. The van der Waals surface area contributed by atoms with Crippen LogP contribution in [0.15, 0.2) is 47.3 Å². The van der Waals surface area contributed by atoms with Crippen molar-refractivity contribution in [1.29, 1.82) is 0 Å². The molecule has 0 aliphatic carbocycles. The molecule has 0 saturated carbocycles. The lowest BCUT2D eigenvalue weighted by Gasteiger charge is -2.45. The van der Waals surface area contributed by atoms with E-state index in [1.54, 1.807) is 10.7 Å². The van der Waals surface area contributed by atoms with Crippen molar-refractivity contribution in [3.05, 3.63) is 47.3 Å². The maximum Gasteiger partial charge on any atom is 0.409 e. The predicted octanol–water partition coefficient (Wildman–Crippen LogP) is 4.99. The van der Waals surface area contributed by atoms with Crippen LogP contribution in [0.3, 0.4) is 0 Å². The molecule has 2 aromatic heterocycles. The van der Waals surface area contributed by atoms with Gasteiger partial charge in [0.25, 0.3) is 0 Å². The third-order valence-corrected chi connectivity index (χ3v) is 6.27. The van der Waals surface area contributed by atoms with E-state index in [1.165, 1.54) is 0 Å². The maximum absolute atomic E-state index is 12.4. The lowest BCUT2D eigenvalue weighted by Crippen LogP contribution is -2.58. The minimum absolute atomic E-state index is 0.199. The van der Waals surface area contributed by atoms with Crippen LogP contribution in [0.25, 0.3) is 16.8 Å². The number of piperazine rings is 1. The third kappa shape index (κ3) is 4.54. The number of amides is 1. The predicted molar refractivity (Wildman–Crippen MR) is 125 cm³/mol. The molecule has 2 atom stereocenters. The fraction of sp³-hybridized carbons (Fsp3) is 0.435. The second-order valence-electron chi connectivity index (χ2n) is 8.13. The van der Waals surface area contributed by atoms with Crippen LogP contribution in [-0.4, -0.2) is 57.4 Å². The van der Waals surface area contributed by atoms with Gasteiger partial charge in [-0.25, -0.2) is 14.3 Å². The standard InChI is InChI=1S/C23H28BrN5O2/c1-4-5-10-31-23(30)27-13-16(2)29(17(3)14-27)20-8-6-18(7-9-20)19-11-25-22-21(24)12-26-28(22)15-19/h6-9,11-12,15-17H,4-5,10,13-14H2,1-3H3. The third-order valence-electron chi connectivity index (χ3n) is 5.71. The molecule has 4 rings (SSSR count). The number of unbranched alkanes of at least 4 members (excludes halogenated alkanes) is 1. The number of carbonyl (C=O) groups excluding carboxylic acids is 1. The first kappa shape index (κ1) is 21.6. The first-order valence-electron chi connectivity index (χ1n) is 10.8. The molecule has 164 valence electrons. The molecule has 1 fully saturated rings. The van der Waals surface area contributed by atoms with Crippen LogP contribution in [0.1, 0.15) is 33.6 Å². The Kier molecular flexibility index (Phi) is 6.46. The van der Waals surface area contributed by atoms with Crippen molar-refractivity contribution in [2.24, 2.45) is 0 Å². The first-order valence-corrected chi connectivity index (χ1v) is 11.6. The van der Waals surface area contributed by atoms with Crippen LogP contribution < -0.4 is 4.90 Å². The number of nitrogens with zero attached hydrogens (tertiary/aromatic N) is 5. The first-order chi connectivity index (χ1) is 15.0. The highest BCUT2D eigenvalue weighted by molar-refractivity contribution is 9.10. The number of halogens is 1. The molecule has 1 saturated heterocycles. The Morgan fingerprint density at radius 1 is 1.13 bits per heavy atom. The molecule has 2 unspecified atom stereocenters. The van der Waals surface area contributed by atoms with Gasteiger partial charge in [0, 0.05) is 48.8 Å². The number of anilines is 1. The van der Waals surface area contributed by atoms with E-state index in [4.69, 9.17) is 4.74 Å². The van der Waals surface area contributed by atoms with Crippen molar-refractivity contribution in [3.8, 4) is 11.1 Å². The Hall–Kier alpha value is -2.61. The number of fused-ring (bicyclic) bond motifs is 1. The largest absolute Gasteiger partial charge is 0.449 e. The van der Waals surface area contributed by atoms with Crippen LogP contribution in [0.4, 0.5) is 10.5 Å². The summed E-state index contributed by atoms with van der Waals surface area (Å²) in [6.45, 7) is 8.22. The molecular formula is C23H28BrN5O2. The summed E-state index contributed by atoms with van der Waals surface area (Å²) in [5, 5.41) is 4.32. The van der Waals surface area contributed by atoms with Gasteiger partial charge in [0.2, 0.25) is 0 Å². The fourth-order valence-corrected chi connectivity index (χ4v) is 4.57. The van der Waals surface area contributed by atoms with E-state index in [9.17, 15) is 4.79 Å². The zero-order valence-corrected chi connectivity index (χ0v) is 19.7. The van der Waals surface area contributed by atoms with Gasteiger partial charge in [0.1, 0.15) is 0 Å². The van der Waals surface area contributed by atoms with Gasteiger partial charge in [0.05, 0.1) is 17.3 Å². The van der Waals surface area contributed by atoms with Crippen LogP contribution in [0.2, 0.25) is 0 Å². The quantitative estimate of drug-likeness (QED) is 0.476. The van der Waals surface area contributed by atoms with Crippen molar-refractivity contribution in [2.75, 3.05) is 24.6 Å². The highest BCUT2D eigenvalue weighted by Crippen LogP contribution is 2.28. The molecule has 31 heavy (non-hydrogen) atoms. The topological polar surface area (TPSA) is 63.0 Å². The van der Waals surface area contributed by atoms with Gasteiger partial charge in [-0.15, -0.1) is 0 Å². The molecule has 1 amide bonds. The molecule has 1 aliphatic rings. The molecule has 1 aromatic carbocycles. The van der Waals surface area contributed by atoms with Crippen molar-refractivity contribution in [2.45, 2.75) is 45.7 Å². The number of hydrogen-bond donors (Lipinski definition) is 0. The van der Waals surface area contributed by atoms with Gasteiger partial charge in [-0.05, 0) is 53.9 Å². The van der Waals surface area contributed by atoms with Crippen LogP contribution in [-0.2, 0) is 4.74 Å². The van der Waals surface area contributed by atoms with E-state index < -0.39 is 0 Å². The molecule has 0 N–H and O–H groups in total. The molecule has 0 radical (unpaired) electrons. The Balaban J connectivity index is 1.46. The van der Waals surface area contributed by atoms with Crippen molar-refractivity contribution in [1.82, 2.24) is 19.5 Å². The Morgan fingerprint density at radius 2 is 1.84 bits per heavy atom. The monoisotopic (exact) mass is 485 g/mol. The molecule has 1 aliphatic heterocycles. The normalized spacial score (nSPS) is 19.1. The highest BCUT2D eigenvalue weighted by Gasteiger charge is 2.32. The van der Waals surface area contributed by atoms with E-state index in [0.717, 1.165) is 39.8 Å². The van der Waals surface area contributed by atoms with Crippen molar-refractivity contribution < 1.29 is 9.53 Å². The second-order valence-corrected chi connectivity index (χ2v) is 8.98. The fourth-order valence-electron chi connectivity index (χ4n) is 4.20. The molecular weight excluding hydrogens is 458 g/mol. The Bertz CT molecular complexity index is 1040. The number of carbonyl (C=O) groups is 1. The maximum atomic E-state index is 12.4. The summed E-state index contributed by atoms with van der Waals surface area (Å²) in [6.07, 6.45) is 7.32. The van der Waals surface area contributed by atoms with Gasteiger partial charge in [-0.1, -0.05) is 25.5 Å². The van der Waals surface area contributed by atoms with Crippen LogP contribution in [0, 0.1) is 0 Å². The van der Waals surface area contributed by atoms with Crippen LogP contribution >= 0.6 is 15.9 Å². The molecule has 8 heteroatoms. The summed E-state index contributed by atoms with van der Waals surface area (Å²) in [5.41, 5.74) is 4.05. The Morgan fingerprint density at radius 3 is 2.52 bits per heavy atom. The van der Waals surface area contributed by atoms with Crippen molar-refractivity contribution in [3.63, 3.8) is 0 Å². The highest BCUT2D eigenvalue weighted by atomic mass is 79.9. The summed E-state index contributed by atoms with van der Waals surface area (Å²) in [6, 6.07) is 8.91. The number of aromatic nitrogens is 3. The summed E-state index contributed by atoms with van der Waals surface area (Å²) in [5.74, 6) is 0. The molecule has 7 nitrogen and oxygen atoms in total. The summed E-state index contributed by atoms with van der Waals surface area (Å²) < 4.78 is 8.06. The number of benzene rings is 1. The van der Waals surface area contributed by atoms with Crippen LogP contribution in [0.5, 0.6) is 0 Å². The zero-order valence-electron chi connectivity index (χ0n) is 18.2. The average Bonchev–Trinajstić information content (AvgIpc) is 3.14. The molecule has 3 aromatic rings. The van der Waals surface area contributed by atoms with Gasteiger partial charge < -0.3 is 14.5 Å². The molecule has 0 spiro atoms. The summed E-state index contributed by atoms with van der Waals surface area (Å²) >= 11 is 3.46. The van der Waals surface area contributed by atoms with Crippen molar-refractivity contribution >= 4 is 33.4 Å². The second kappa shape index (κ2) is 9.26. The Labute approximate surface area is 191 Å². The van der Waals surface area contributed by atoms with E-state index in [0.29, 0.717) is 19.7 Å². The lowest BCUT2D eigenvalue weighted by atomic mass is 10.0. The molecule has 3 heterocycles.